The van der Waals surface area contributed by atoms with Crippen LogP contribution in [0.15, 0.2) is 35.7 Å². The molecule has 0 amide bonds. The predicted octanol–water partition coefficient (Wildman–Crippen LogP) is 4.45. The van der Waals surface area contributed by atoms with Gasteiger partial charge in [0.1, 0.15) is 16.9 Å². The van der Waals surface area contributed by atoms with Gasteiger partial charge in [0.05, 0.1) is 18.2 Å². The summed E-state index contributed by atoms with van der Waals surface area (Å²) in [5.41, 5.74) is 2.90. The molecule has 6 nitrogen and oxygen atoms in total. The van der Waals surface area contributed by atoms with Crippen molar-refractivity contribution in [1.82, 2.24) is 19.6 Å². The number of ether oxygens (including phenoxy) is 1. The number of aromatic nitrogens is 4. The fourth-order valence-corrected chi connectivity index (χ4v) is 5.95. The van der Waals surface area contributed by atoms with Gasteiger partial charge in [0, 0.05) is 10.4 Å². The number of benzene rings is 1. The van der Waals surface area contributed by atoms with Crippen molar-refractivity contribution in [2.75, 3.05) is 12.9 Å². The molecule has 0 unspecified atom stereocenters. The summed E-state index contributed by atoms with van der Waals surface area (Å²) in [4.78, 5) is 19.7. The van der Waals surface area contributed by atoms with Gasteiger partial charge in [-0.05, 0) is 55.0 Å². The van der Waals surface area contributed by atoms with Gasteiger partial charge in [-0.2, -0.15) is 0 Å². The monoisotopic (exact) mass is 424 g/mol. The molecular weight excluding hydrogens is 404 g/mol. The Kier molecular flexibility index (Phi) is 4.75. The van der Waals surface area contributed by atoms with E-state index in [4.69, 9.17) is 4.74 Å². The number of fused-ring (bicyclic) bond motifs is 5. The van der Waals surface area contributed by atoms with Crippen LogP contribution in [0.2, 0.25) is 0 Å². The molecular formula is C21H20N4O2S2. The largest absolute Gasteiger partial charge is 0.497 e. The summed E-state index contributed by atoms with van der Waals surface area (Å²) in [7, 11) is 1.61. The highest BCUT2D eigenvalue weighted by atomic mass is 32.2. The predicted molar refractivity (Wildman–Crippen MR) is 115 cm³/mol. The molecule has 0 N–H and O–H groups in total. The van der Waals surface area contributed by atoms with E-state index in [1.807, 2.05) is 4.40 Å². The zero-order valence-electron chi connectivity index (χ0n) is 16.2. The Morgan fingerprint density at radius 3 is 2.93 bits per heavy atom. The Balaban J connectivity index is 1.42. The van der Waals surface area contributed by atoms with E-state index in [0.717, 1.165) is 40.4 Å². The molecule has 29 heavy (non-hydrogen) atoms. The van der Waals surface area contributed by atoms with Crippen LogP contribution in [0.25, 0.3) is 15.9 Å². The molecule has 1 aromatic carbocycles. The zero-order chi connectivity index (χ0) is 20.0. The van der Waals surface area contributed by atoms with Gasteiger partial charge in [0.15, 0.2) is 16.6 Å². The maximum Gasteiger partial charge on any atom is 0.197 e. The van der Waals surface area contributed by atoms with Crippen LogP contribution in [0.5, 0.6) is 5.75 Å². The van der Waals surface area contributed by atoms with E-state index < -0.39 is 0 Å². The van der Waals surface area contributed by atoms with Gasteiger partial charge in [-0.1, -0.05) is 18.7 Å². The molecule has 1 aliphatic carbocycles. The average molecular weight is 425 g/mol. The molecule has 0 radical (unpaired) electrons. The van der Waals surface area contributed by atoms with E-state index in [1.165, 1.54) is 28.6 Å². The summed E-state index contributed by atoms with van der Waals surface area (Å²) in [5, 5.41) is 10.6. The van der Waals surface area contributed by atoms with Gasteiger partial charge in [-0.15, -0.1) is 21.5 Å². The summed E-state index contributed by atoms with van der Waals surface area (Å²) in [5.74, 6) is 1.80. The fourth-order valence-electron chi connectivity index (χ4n) is 3.81. The number of thiophene rings is 1. The van der Waals surface area contributed by atoms with Crippen molar-refractivity contribution in [2.24, 2.45) is 5.92 Å². The van der Waals surface area contributed by atoms with Crippen LogP contribution in [0, 0.1) is 5.92 Å². The minimum absolute atomic E-state index is 0.0466. The molecule has 0 saturated carbocycles. The number of aryl methyl sites for hydroxylation is 1. The number of carbonyl (C=O) groups is 1. The van der Waals surface area contributed by atoms with E-state index in [2.05, 4.69) is 22.1 Å². The first-order valence-electron chi connectivity index (χ1n) is 9.58. The smallest absolute Gasteiger partial charge is 0.197 e. The van der Waals surface area contributed by atoms with Gasteiger partial charge in [0.25, 0.3) is 0 Å². The number of methoxy groups -OCH3 is 1. The number of hydrogen-bond acceptors (Lipinski definition) is 7. The second-order valence-electron chi connectivity index (χ2n) is 7.39. The summed E-state index contributed by atoms with van der Waals surface area (Å²) in [6.45, 7) is 2.31. The lowest BCUT2D eigenvalue weighted by Crippen LogP contribution is -2.08. The number of hydrogen-bond donors (Lipinski definition) is 0. The van der Waals surface area contributed by atoms with E-state index in [9.17, 15) is 4.79 Å². The van der Waals surface area contributed by atoms with Gasteiger partial charge >= 0.3 is 0 Å². The van der Waals surface area contributed by atoms with E-state index in [0.29, 0.717) is 16.5 Å². The maximum atomic E-state index is 12.5. The lowest BCUT2D eigenvalue weighted by Gasteiger charge is -2.17. The van der Waals surface area contributed by atoms with Gasteiger partial charge in [0.2, 0.25) is 0 Å². The highest BCUT2D eigenvalue weighted by Crippen LogP contribution is 2.39. The molecule has 8 heteroatoms. The Morgan fingerprint density at radius 2 is 2.14 bits per heavy atom. The van der Waals surface area contributed by atoms with Crippen LogP contribution in [-0.2, 0) is 12.8 Å². The quantitative estimate of drug-likeness (QED) is 0.348. The van der Waals surface area contributed by atoms with Crippen LogP contribution in [-0.4, -0.2) is 38.2 Å². The van der Waals surface area contributed by atoms with Crippen LogP contribution in [0.4, 0.5) is 0 Å². The first-order valence-corrected chi connectivity index (χ1v) is 11.4. The Morgan fingerprint density at radius 1 is 1.31 bits per heavy atom. The topological polar surface area (TPSA) is 69.4 Å². The van der Waals surface area contributed by atoms with Crippen LogP contribution < -0.4 is 4.74 Å². The molecule has 0 bridgehead atoms. The second kappa shape index (κ2) is 7.42. The van der Waals surface area contributed by atoms with E-state index in [-0.39, 0.29) is 5.78 Å². The third kappa shape index (κ3) is 3.30. The molecule has 1 aliphatic rings. The highest BCUT2D eigenvalue weighted by Gasteiger charge is 2.24. The molecule has 0 saturated heterocycles. The number of thioether (sulfide) groups is 1. The fraction of sp³-hybridized carbons (Fsp3) is 0.333. The van der Waals surface area contributed by atoms with Crippen molar-refractivity contribution in [2.45, 2.75) is 31.3 Å². The number of rotatable bonds is 5. The van der Waals surface area contributed by atoms with Gasteiger partial charge < -0.3 is 4.74 Å². The van der Waals surface area contributed by atoms with Crippen LogP contribution >= 0.6 is 23.1 Å². The SMILES string of the molecule is COc1ccc(C(=O)CSc2nnc3c4c5c(sc4ncn23)C[C@H](C)CC5)cc1. The van der Waals surface area contributed by atoms with Crippen molar-refractivity contribution in [1.29, 1.82) is 0 Å². The molecule has 0 aliphatic heterocycles. The van der Waals surface area contributed by atoms with Crippen molar-refractivity contribution in [3.05, 3.63) is 46.6 Å². The summed E-state index contributed by atoms with van der Waals surface area (Å²) in [6, 6.07) is 7.16. The summed E-state index contributed by atoms with van der Waals surface area (Å²) >= 11 is 3.17. The molecule has 3 heterocycles. The Hall–Kier alpha value is -2.45. The average Bonchev–Trinajstić information content (AvgIpc) is 3.32. The zero-order valence-corrected chi connectivity index (χ0v) is 17.8. The highest BCUT2D eigenvalue weighted by molar-refractivity contribution is 7.99. The molecule has 4 aromatic rings. The molecule has 0 fully saturated rings. The number of carbonyl (C=O) groups excluding carboxylic acids is 1. The maximum absolute atomic E-state index is 12.5. The molecule has 1 atom stereocenters. The summed E-state index contributed by atoms with van der Waals surface area (Å²) < 4.78 is 7.06. The van der Waals surface area contributed by atoms with Crippen LogP contribution in [0.3, 0.4) is 0 Å². The standard InChI is InChI=1S/C21H20N4O2S2/c1-12-3-8-15-17(9-12)29-20-18(15)19-23-24-21(25(19)11-22-20)28-10-16(26)13-4-6-14(27-2)7-5-13/h4-7,11-12H,3,8-10H2,1-2H3/t12-/m1/s1. The molecule has 0 spiro atoms. The van der Waals surface area contributed by atoms with Crippen LogP contribution in [0.1, 0.15) is 34.1 Å². The molecule has 148 valence electrons. The van der Waals surface area contributed by atoms with Gasteiger partial charge in [-0.25, -0.2) is 4.98 Å². The van der Waals surface area contributed by atoms with Gasteiger partial charge in [-0.3, -0.25) is 9.20 Å². The van der Waals surface area contributed by atoms with Crippen molar-refractivity contribution < 1.29 is 9.53 Å². The van der Waals surface area contributed by atoms with Crippen molar-refractivity contribution in [3.63, 3.8) is 0 Å². The first-order chi connectivity index (χ1) is 14.1. The lowest BCUT2D eigenvalue weighted by atomic mass is 9.89. The molecule has 5 rings (SSSR count). The second-order valence-corrected chi connectivity index (χ2v) is 9.42. The minimum Gasteiger partial charge on any atom is -0.497 e. The van der Waals surface area contributed by atoms with Crippen molar-refractivity contribution in [3.8, 4) is 5.75 Å². The van der Waals surface area contributed by atoms with E-state index >= 15 is 0 Å². The third-order valence-electron chi connectivity index (χ3n) is 5.42. The lowest BCUT2D eigenvalue weighted by molar-refractivity contribution is 0.102. The minimum atomic E-state index is 0.0466. The Bertz CT molecular complexity index is 1210. The summed E-state index contributed by atoms with van der Waals surface area (Å²) in [6.07, 6.45) is 5.17. The normalized spacial score (nSPS) is 16.3. The first kappa shape index (κ1) is 18.6. The molecule has 3 aromatic heterocycles. The number of Topliss-reactive ketones (excluding diaryl/α,β-unsaturated/α-hetero) is 1. The third-order valence-corrected chi connectivity index (χ3v) is 7.52. The number of nitrogens with zero attached hydrogens (tertiary/aromatic N) is 4. The van der Waals surface area contributed by atoms with E-state index in [1.54, 1.807) is 49.0 Å². The number of ketones is 1. The van der Waals surface area contributed by atoms with Crippen molar-refractivity contribution >= 4 is 44.7 Å². The Labute approximate surface area is 176 Å².